The van der Waals surface area contributed by atoms with Crippen LogP contribution in [0, 0.1) is 13.8 Å². The predicted molar refractivity (Wildman–Crippen MR) is 142 cm³/mol. The van der Waals surface area contributed by atoms with E-state index in [1.807, 2.05) is 77.1 Å². The van der Waals surface area contributed by atoms with Gasteiger partial charge in [-0.2, -0.15) is 0 Å². The fraction of sp³-hybridized carbons (Fsp3) is 0.481. The van der Waals surface area contributed by atoms with Crippen LogP contribution in [-0.2, 0) is 26.2 Å². The topological polar surface area (TPSA) is 86.8 Å². The van der Waals surface area contributed by atoms with Gasteiger partial charge in [0.05, 0.1) is 11.9 Å². The standard InChI is InChI=1S/C27H39N3O4S/c1-20-12-10-15-24(18-20)30(35(7,33)34)17-11-16-25(31)29(19-23-14-9-8-13-21(23)2)22(3)26(32)28-27(4,5)6/h8-10,12-15,18,22H,11,16-17,19H2,1-7H3,(H,28,32)/t22-/m0/s1. The van der Waals surface area contributed by atoms with Crippen molar-refractivity contribution in [1.29, 1.82) is 0 Å². The van der Waals surface area contributed by atoms with Gasteiger partial charge in [0.1, 0.15) is 6.04 Å². The minimum Gasteiger partial charge on any atom is -0.350 e. The number of hydrogen-bond donors (Lipinski definition) is 1. The monoisotopic (exact) mass is 501 g/mol. The molecule has 8 heteroatoms. The summed E-state index contributed by atoms with van der Waals surface area (Å²) in [6.07, 6.45) is 1.62. The lowest BCUT2D eigenvalue weighted by atomic mass is 10.1. The summed E-state index contributed by atoms with van der Waals surface area (Å²) < 4.78 is 26.2. The van der Waals surface area contributed by atoms with Crippen molar-refractivity contribution in [2.24, 2.45) is 0 Å². The number of nitrogens with one attached hydrogen (secondary N) is 1. The Morgan fingerprint density at radius 3 is 2.26 bits per heavy atom. The Morgan fingerprint density at radius 2 is 1.69 bits per heavy atom. The molecular weight excluding hydrogens is 462 g/mol. The van der Waals surface area contributed by atoms with Gasteiger partial charge >= 0.3 is 0 Å². The van der Waals surface area contributed by atoms with Crippen molar-refractivity contribution in [2.45, 2.75) is 72.5 Å². The molecule has 0 saturated heterocycles. The number of anilines is 1. The molecular formula is C27H39N3O4S. The Kier molecular flexibility index (Phi) is 9.49. The van der Waals surface area contributed by atoms with E-state index in [-0.39, 0.29) is 24.8 Å². The van der Waals surface area contributed by atoms with Crippen molar-refractivity contribution in [2.75, 3.05) is 17.1 Å². The second-order valence-corrected chi connectivity index (χ2v) is 12.0. The van der Waals surface area contributed by atoms with Gasteiger partial charge in [-0.1, -0.05) is 36.4 Å². The summed E-state index contributed by atoms with van der Waals surface area (Å²) in [7, 11) is -3.51. The molecule has 2 aromatic carbocycles. The largest absolute Gasteiger partial charge is 0.350 e. The number of aryl methyl sites for hydroxylation is 2. The highest BCUT2D eigenvalue weighted by Crippen LogP contribution is 2.21. The van der Waals surface area contributed by atoms with E-state index in [2.05, 4.69) is 5.32 Å². The van der Waals surface area contributed by atoms with Crippen molar-refractivity contribution in [1.82, 2.24) is 10.2 Å². The third-order valence-electron chi connectivity index (χ3n) is 5.71. The van der Waals surface area contributed by atoms with E-state index in [4.69, 9.17) is 0 Å². The Morgan fingerprint density at radius 1 is 1.03 bits per heavy atom. The van der Waals surface area contributed by atoms with E-state index in [0.717, 1.165) is 16.7 Å². The molecule has 2 aromatic rings. The number of amides is 2. The summed E-state index contributed by atoms with van der Waals surface area (Å²) >= 11 is 0. The second-order valence-electron chi connectivity index (χ2n) is 10.1. The number of carbonyl (C=O) groups excluding carboxylic acids is 2. The van der Waals surface area contributed by atoms with Gasteiger partial charge in [-0.15, -0.1) is 0 Å². The molecule has 2 amide bonds. The molecule has 7 nitrogen and oxygen atoms in total. The molecule has 0 saturated carbocycles. The Bertz CT molecular complexity index is 1140. The SMILES string of the molecule is Cc1cccc(N(CCCC(=O)N(Cc2ccccc2C)[C@@H](C)C(=O)NC(C)(C)C)S(C)(=O)=O)c1. The zero-order valence-electron chi connectivity index (χ0n) is 22.0. The van der Waals surface area contributed by atoms with E-state index >= 15 is 0 Å². The van der Waals surface area contributed by atoms with Crippen molar-refractivity contribution < 1.29 is 18.0 Å². The molecule has 2 rings (SSSR count). The number of sulfonamides is 1. The van der Waals surface area contributed by atoms with Crippen molar-refractivity contribution in [3.63, 3.8) is 0 Å². The van der Waals surface area contributed by atoms with Gasteiger partial charge in [-0.25, -0.2) is 8.42 Å². The Balaban J connectivity index is 2.20. The maximum Gasteiger partial charge on any atom is 0.242 e. The minimum atomic E-state index is -3.51. The molecule has 0 radical (unpaired) electrons. The van der Waals surface area contributed by atoms with Crippen LogP contribution in [0.15, 0.2) is 48.5 Å². The average molecular weight is 502 g/mol. The lowest BCUT2D eigenvalue weighted by Crippen LogP contribution is -2.52. The molecule has 0 spiro atoms. The highest BCUT2D eigenvalue weighted by Gasteiger charge is 2.29. The molecule has 0 unspecified atom stereocenters. The van der Waals surface area contributed by atoms with E-state index in [0.29, 0.717) is 18.7 Å². The summed E-state index contributed by atoms with van der Waals surface area (Å²) in [5, 5.41) is 2.96. The first-order chi connectivity index (χ1) is 16.2. The highest BCUT2D eigenvalue weighted by atomic mass is 32.2. The third-order valence-corrected chi connectivity index (χ3v) is 6.90. The molecule has 0 bridgehead atoms. The van der Waals surface area contributed by atoms with Gasteiger partial charge < -0.3 is 10.2 Å². The predicted octanol–water partition coefficient (Wildman–Crippen LogP) is 4.18. The third kappa shape index (κ3) is 8.69. The average Bonchev–Trinajstić information content (AvgIpc) is 2.73. The number of benzene rings is 2. The summed E-state index contributed by atoms with van der Waals surface area (Å²) in [6.45, 7) is 11.8. The fourth-order valence-corrected chi connectivity index (χ4v) is 4.77. The van der Waals surface area contributed by atoms with Crippen LogP contribution in [0.4, 0.5) is 5.69 Å². The number of hydrogen-bond acceptors (Lipinski definition) is 4. The molecule has 0 aromatic heterocycles. The van der Waals surface area contributed by atoms with Gasteiger partial charge in [-0.3, -0.25) is 13.9 Å². The summed E-state index contributed by atoms with van der Waals surface area (Å²) in [6, 6.07) is 14.4. The second kappa shape index (κ2) is 11.7. The van der Waals surface area contributed by atoms with Crippen LogP contribution in [0.25, 0.3) is 0 Å². The first-order valence-electron chi connectivity index (χ1n) is 11.9. The zero-order chi connectivity index (χ0) is 26.4. The van der Waals surface area contributed by atoms with Crippen LogP contribution in [0.5, 0.6) is 0 Å². The van der Waals surface area contributed by atoms with Crippen molar-refractivity contribution in [3.8, 4) is 0 Å². The molecule has 0 heterocycles. The lowest BCUT2D eigenvalue weighted by Gasteiger charge is -2.32. The zero-order valence-corrected chi connectivity index (χ0v) is 22.8. The minimum absolute atomic E-state index is 0.122. The van der Waals surface area contributed by atoms with Crippen LogP contribution >= 0.6 is 0 Å². The summed E-state index contributed by atoms with van der Waals surface area (Å²) in [4.78, 5) is 27.9. The molecule has 35 heavy (non-hydrogen) atoms. The molecule has 1 atom stereocenters. The van der Waals surface area contributed by atoms with E-state index in [1.165, 1.54) is 10.6 Å². The van der Waals surface area contributed by atoms with Gasteiger partial charge in [0.25, 0.3) is 0 Å². The van der Waals surface area contributed by atoms with Gasteiger partial charge in [-0.05, 0) is 76.8 Å². The molecule has 1 N–H and O–H groups in total. The van der Waals surface area contributed by atoms with Crippen molar-refractivity contribution >= 4 is 27.5 Å². The number of nitrogens with zero attached hydrogens (tertiary/aromatic N) is 2. The van der Waals surface area contributed by atoms with Crippen LogP contribution in [0.1, 0.15) is 57.2 Å². The highest BCUT2D eigenvalue weighted by molar-refractivity contribution is 7.92. The maximum absolute atomic E-state index is 13.4. The quantitative estimate of drug-likeness (QED) is 0.529. The molecule has 0 fully saturated rings. The molecule has 192 valence electrons. The summed E-state index contributed by atoms with van der Waals surface area (Å²) in [5.41, 5.74) is 3.11. The smallest absolute Gasteiger partial charge is 0.242 e. The normalized spacial score (nSPS) is 12.7. The maximum atomic E-state index is 13.4. The first kappa shape index (κ1) is 28.4. The summed E-state index contributed by atoms with van der Waals surface area (Å²) in [5.74, 6) is -0.417. The van der Waals surface area contributed by atoms with Crippen molar-refractivity contribution in [3.05, 3.63) is 65.2 Å². The molecule has 0 aliphatic rings. The van der Waals surface area contributed by atoms with Crippen LogP contribution in [0.2, 0.25) is 0 Å². The van der Waals surface area contributed by atoms with Gasteiger partial charge in [0.15, 0.2) is 0 Å². The van der Waals surface area contributed by atoms with Crippen LogP contribution in [0.3, 0.4) is 0 Å². The first-order valence-corrected chi connectivity index (χ1v) is 13.7. The van der Waals surface area contributed by atoms with E-state index < -0.39 is 21.6 Å². The van der Waals surface area contributed by atoms with E-state index in [9.17, 15) is 18.0 Å². The lowest BCUT2D eigenvalue weighted by molar-refractivity contribution is -0.141. The molecule has 0 aliphatic heterocycles. The van der Waals surface area contributed by atoms with Crippen LogP contribution < -0.4 is 9.62 Å². The van der Waals surface area contributed by atoms with E-state index in [1.54, 1.807) is 17.9 Å². The number of rotatable bonds is 10. The van der Waals surface area contributed by atoms with Gasteiger partial charge in [0, 0.05) is 25.0 Å². The Labute approximate surface area is 210 Å². The van der Waals surface area contributed by atoms with Crippen LogP contribution in [-0.4, -0.2) is 49.5 Å². The fourth-order valence-electron chi connectivity index (χ4n) is 3.81. The number of carbonyl (C=O) groups is 2. The van der Waals surface area contributed by atoms with Gasteiger partial charge in [0.2, 0.25) is 21.8 Å². The molecule has 0 aliphatic carbocycles. The Hall–Kier alpha value is -2.87.